The van der Waals surface area contributed by atoms with Gasteiger partial charge < -0.3 is 14.9 Å². The zero-order valence-corrected chi connectivity index (χ0v) is 21.6. The summed E-state index contributed by atoms with van der Waals surface area (Å²) in [7, 11) is 0. The van der Waals surface area contributed by atoms with Crippen LogP contribution in [0.5, 0.6) is 0 Å². The molecule has 1 aliphatic rings. The van der Waals surface area contributed by atoms with E-state index in [1.807, 2.05) is 19.1 Å². The van der Waals surface area contributed by atoms with Gasteiger partial charge >= 0.3 is 6.18 Å². The number of halogens is 5. The Morgan fingerprint density at radius 1 is 1.40 bits per heavy atom. The van der Waals surface area contributed by atoms with Crippen molar-refractivity contribution in [2.24, 2.45) is 11.8 Å². The molecule has 176 valence electrons. The number of hydrogen-bond acceptors (Lipinski definition) is 6. The fourth-order valence-corrected chi connectivity index (χ4v) is 7.44. The lowest BCUT2D eigenvalue weighted by Gasteiger charge is -2.20. The molecule has 4 N–H and O–H groups in total. The van der Waals surface area contributed by atoms with Gasteiger partial charge in [0.15, 0.2) is 0 Å². The Labute approximate surface area is 204 Å². The molecule has 3 unspecified atom stereocenters. The normalized spacial score (nSPS) is 26.2. The molecule has 1 heterocycles. The lowest BCUT2D eigenvalue weighted by atomic mass is 9.93. The van der Waals surface area contributed by atoms with Crippen molar-refractivity contribution in [1.29, 1.82) is 0 Å². The molecular formula is C19H31ClF3IN2O2S2. The van der Waals surface area contributed by atoms with Crippen LogP contribution in [-0.4, -0.2) is 49.0 Å². The maximum absolute atomic E-state index is 12.5. The highest BCUT2D eigenvalue weighted by atomic mass is 127. The molecule has 1 saturated heterocycles. The van der Waals surface area contributed by atoms with Gasteiger partial charge in [0.1, 0.15) is 6.23 Å². The smallest absolute Gasteiger partial charge is 0.391 e. The predicted molar refractivity (Wildman–Crippen MR) is 131 cm³/mol. The van der Waals surface area contributed by atoms with Gasteiger partial charge in [-0.05, 0) is 43.5 Å². The molecule has 0 spiro atoms. The molecular weight excluding hydrogens is 572 g/mol. The summed E-state index contributed by atoms with van der Waals surface area (Å²) in [6, 6.07) is 0. The SMILES string of the molecule is CC/C=C(\C[C@@H](O)CC(F)(F)F)NS[C@@H]1CC([C@H](/C=C\CNC(C)O)CI)C(Cl)S1. The Kier molecular flexibility index (Phi) is 14.1. The summed E-state index contributed by atoms with van der Waals surface area (Å²) < 4.78 is 41.6. The second-order valence-corrected chi connectivity index (χ2v) is 11.4. The van der Waals surface area contributed by atoms with Crippen molar-refractivity contribution >= 4 is 57.9 Å². The highest BCUT2D eigenvalue weighted by molar-refractivity contribution is 14.1. The second kappa shape index (κ2) is 14.7. The topological polar surface area (TPSA) is 64.5 Å². The van der Waals surface area contributed by atoms with Gasteiger partial charge in [0.25, 0.3) is 0 Å². The highest BCUT2D eigenvalue weighted by Gasteiger charge is 2.38. The fourth-order valence-electron chi connectivity index (χ4n) is 3.01. The summed E-state index contributed by atoms with van der Waals surface area (Å²) in [4.78, 5) is 0. The van der Waals surface area contributed by atoms with Crippen LogP contribution in [0, 0.1) is 11.8 Å². The third-order valence-corrected chi connectivity index (χ3v) is 8.63. The van der Waals surface area contributed by atoms with E-state index < -0.39 is 24.9 Å². The standard InChI is InChI=1S/C19H31ClF3IN2O2S2/c1-3-5-14(8-15(28)10-19(21,22)23)26-30-17-9-16(18(20)29-17)13(11-24)6-4-7-25-12(2)27/h4-6,12-13,15-18,25-28H,3,7-11H2,1-2H3/b6-4-,14-5+/t12?,13-,15-,16?,17-,18?/m1/s1. The number of thioether (sulfide) groups is 1. The minimum Gasteiger partial charge on any atom is -0.392 e. The Morgan fingerprint density at radius 3 is 2.67 bits per heavy atom. The van der Waals surface area contributed by atoms with Gasteiger partial charge in [0.05, 0.1) is 21.8 Å². The van der Waals surface area contributed by atoms with Crippen LogP contribution in [0.1, 0.15) is 39.5 Å². The van der Waals surface area contributed by atoms with Gasteiger partial charge in [-0.25, -0.2) is 0 Å². The summed E-state index contributed by atoms with van der Waals surface area (Å²) in [5.74, 6) is 0.589. The largest absolute Gasteiger partial charge is 0.392 e. The first-order valence-electron chi connectivity index (χ1n) is 9.84. The Hall–Kier alpha value is 0.670. The van der Waals surface area contributed by atoms with Gasteiger partial charge in [-0.3, -0.25) is 5.32 Å². The van der Waals surface area contributed by atoms with E-state index in [0.29, 0.717) is 24.6 Å². The van der Waals surface area contributed by atoms with E-state index in [-0.39, 0.29) is 21.6 Å². The predicted octanol–water partition coefficient (Wildman–Crippen LogP) is 5.40. The van der Waals surface area contributed by atoms with Crippen molar-refractivity contribution in [2.45, 2.75) is 67.3 Å². The minimum absolute atomic E-state index is 0.0483. The van der Waals surface area contributed by atoms with Crippen molar-refractivity contribution in [2.75, 3.05) is 11.0 Å². The lowest BCUT2D eigenvalue weighted by Crippen LogP contribution is -2.25. The van der Waals surface area contributed by atoms with Crippen LogP contribution in [-0.2, 0) is 0 Å². The minimum atomic E-state index is -4.38. The highest BCUT2D eigenvalue weighted by Crippen LogP contribution is 2.48. The van der Waals surface area contributed by atoms with Gasteiger partial charge in [0, 0.05) is 23.1 Å². The van der Waals surface area contributed by atoms with Crippen molar-refractivity contribution in [3.05, 3.63) is 23.9 Å². The van der Waals surface area contributed by atoms with Crippen molar-refractivity contribution in [1.82, 2.24) is 10.0 Å². The van der Waals surface area contributed by atoms with Crippen LogP contribution in [0.15, 0.2) is 23.9 Å². The number of rotatable bonds is 13. The first kappa shape index (κ1) is 28.7. The third kappa shape index (κ3) is 12.1. The molecule has 0 aromatic rings. The summed E-state index contributed by atoms with van der Waals surface area (Å²) in [5, 5.41) is 21.9. The Morgan fingerprint density at radius 2 is 2.10 bits per heavy atom. The van der Waals surface area contributed by atoms with Crippen molar-refractivity contribution in [3.8, 4) is 0 Å². The Balaban J connectivity index is 2.56. The summed E-state index contributed by atoms with van der Waals surface area (Å²) >= 11 is 12.0. The zero-order chi connectivity index (χ0) is 22.7. The molecule has 1 aliphatic heterocycles. The van der Waals surface area contributed by atoms with Gasteiger partial charge in [0.2, 0.25) is 0 Å². The number of nitrogens with one attached hydrogen (secondary N) is 2. The van der Waals surface area contributed by atoms with E-state index in [2.05, 4.69) is 38.7 Å². The second-order valence-electron chi connectivity index (χ2n) is 7.18. The molecule has 11 heteroatoms. The van der Waals surface area contributed by atoms with E-state index in [1.165, 1.54) is 11.9 Å². The van der Waals surface area contributed by atoms with Crippen LogP contribution in [0.2, 0.25) is 0 Å². The first-order chi connectivity index (χ1) is 14.1. The van der Waals surface area contributed by atoms with Crippen LogP contribution in [0.4, 0.5) is 13.2 Å². The summed E-state index contributed by atoms with van der Waals surface area (Å²) in [6.07, 6.45) is -0.146. The third-order valence-electron chi connectivity index (χ3n) is 4.42. The zero-order valence-electron chi connectivity index (χ0n) is 17.0. The summed E-state index contributed by atoms with van der Waals surface area (Å²) in [6.45, 7) is 4.16. The van der Waals surface area contributed by atoms with Crippen LogP contribution < -0.4 is 10.0 Å². The van der Waals surface area contributed by atoms with E-state index in [9.17, 15) is 23.4 Å². The van der Waals surface area contributed by atoms with Gasteiger partial charge in [-0.2, -0.15) is 13.2 Å². The maximum Gasteiger partial charge on any atom is 0.391 e. The van der Waals surface area contributed by atoms with E-state index in [4.69, 9.17) is 11.6 Å². The summed E-state index contributed by atoms with van der Waals surface area (Å²) in [5.41, 5.74) is 0.615. The van der Waals surface area contributed by atoms with E-state index in [1.54, 1.807) is 18.7 Å². The molecule has 0 radical (unpaired) electrons. The lowest BCUT2D eigenvalue weighted by molar-refractivity contribution is -0.153. The van der Waals surface area contributed by atoms with Crippen molar-refractivity contribution in [3.63, 3.8) is 0 Å². The van der Waals surface area contributed by atoms with E-state index in [0.717, 1.165) is 10.8 Å². The fraction of sp³-hybridized carbons (Fsp3) is 0.789. The number of aliphatic hydroxyl groups is 2. The van der Waals surface area contributed by atoms with Gasteiger partial charge in [-0.1, -0.05) is 47.7 Å². The molecule has 30 heavy (non-hydrogen) atoms. The molecule has 0 aromatic heterocycles. The van der Waals surface area contributed by atoms with Crippen LogP contribution >= 0.6 is 57.9 Å². The molecule has 6 atom stereocenters. The molecule has 0 aromatic carbocycles. The number of allylic oxidation sites excluding steroid dienone is 2. The molecule has 0 saturated carbocycles. The first-order valence-corrected chi connectivity index (χ1v) is 13.6. The molecule has 1 fully saturated rings. The maximum atomic E-state index is 12.5. The quantitative estimate of drug-likeness (QED) is 0.0745. The molecule has 4 nitrogen and oxygen atoms in total. The number of alkyl halides is 5. The van der Waals surface area contributed by atoms with Gasteiger partial charge in [-0.15, -0.1) is 23.4 Å². The van der Waals surface area contributed by atoms with Crippen molar-refractivity contribution < 1.29 is 23.4 Å². The molecule has 0 bridgehead atoms. The average Bonchev–Trinajstić information content (AvgIpc) is 2.99. The monoisotopic (exact) mass is 602 g/mol. The van der Waals surface area contributed by atoms with Crippen LogP contribution in [0.25, 0.3) is 0 Å². The molecule has 0 aliphatic carbocycles. The molecule has 1 rings (SSSR count). The Bertz CT molecular complexity index is 556. The number of aliphatic hydroxyl groups excluding tert-OH is 2. The average molecular weight is 603 g/mol. The van der Waals surface area contributed by atoms with Crippen LogP contribution in [0.3, 0.4) is 0 Å². The molecule has 0 amide bonds. The van der Waals surface area contributed by atoms with E-state index >= 15 is 0 Å². The number of hydrogen-bond donors (Lipinski definition) is 4.